The van der Waals surface area contributed by atoms with E-state index in [-0.39, 0.29) is 35.1 Å². The van der Waals surface area contributed by atoms with Crippen LogP contribution in [0, 0.1) is 10.1 Å². The molecule has 0 amide bonds. The highest BCUT2D eigenvalue weighted by Crippen LogP contribution is 2.30. The van der Waals surface area contributed by atoms with Gasteiger partial charge >= 0.3 is 5.97 Å². The molecule has 0 saturated carbocycles. The van der Waals surface area contributed by atoms with E-state index in [0.29, 0.717) is 16.8 Å². The summed E-state index contributed by atoms with van der Waals surface area (Å²) in [5.41, 5.74) is 1.71. The number of nitro groups is 1. The largest absolute Gasteiger partial charge is 0.478 e. The third-order valence-electron chi connectivity index (χ3n) is 3.96. The van der Waals surface area contributed by atoms with Gasteiger partial charge in [0.05, 0.1) is 30.2 Å². The highest BCUT2D eigenvalue weighted by atomic mass is 16.6. The average Bonchev–Trinajstić information content (AvgIpc) is 2.70. The van der Waals surface area contributed by atoms with Gasteiger partial charge in [0, 0.05) is 29.9 Å². The number of nitro benzene ring substituents is 1. The highest BCUT2D eigenvalue weighted by Gasteiger charge is 2.18. The van der Waals surface area contributed by atoms with Gasteiger partial charge in [-0.1, -0.05) is 6.07 Å². The minimum atomic E-state index is -1.05. The summed E-state index contributed by atoms with van der Waals surface area (Å²) < 4.78 is 10.3. The summed E-state index contributed by atoms with van der Waals surface area (Å²) in [6.45, 7) is 0.158. The molecule has 0 spiro atoms. The van der Waals surface area contributed by atoms with E-state index in [0.717, 1.165) is 0 Å². The van der Waals surface area contributed by atoms with Crippen LogP contribution < -0.4 is 14.8 Å². The first-order valence-corrected chi connectivity index (χ1v) is 8.07. The molecule has 0 aliphatic carbocycles. The Bertz CT molecular complexity index is 1070. The van der Waals surface area contributed by atoms with E-state index >= 15 is 0 Å². The summed E-state index contributed by atoms with van der Waals surface area (Å²) in [7, 11) is 2.81. The minimum absolute atomic E-state index is 0.114. The maximum Gasteiger partial charge on any atom is 0.335 e. The summed E-state index contributed by atoms with van der Waals surface area (Å²) >= 11 is 0. The smallest absolute Gasteiger partial charge is 0.335 e. The maximum atomic E-state index is 11.3. The predicted molar refractivity (Wildman–Crippen MR) is 100 cm³/mol. The lowest BCUT2D eigenvalue weighted by Crippen LogP contribution is -2.05. The quantitative estimate of drug-likeness (QED) is 0.465. The molecule has 10 heteroatoms. The van der Waals surface area contributed by atoms with Crippen LogP contribution >= 0.6 is 0 Å². The number of carbonyl (C=O) groups is 1. The van der Waals surface area contributed by atoms with Gasteiger partial charge in [0.1, 0.15) is 5.52 Å². The molecule has 2 aromatic carbocycles. The molecule has 3 rings (SSSR count). The van der Waals surface area contributed by atoms with E-state index < -0.39 is 10.9 Å². The molecule has 10 nitrogen and oxygen atoms in total. The molecule has 0 unspecified atom stereocenters. The molecule has 1 aromatic heterocycles. The Labute approximate surface area is 158 Å². The van der Waals surface area contributed by atoms with Crippen molar-refractivity contribution in [2.24, 2.45) is 0 Å². The number of hydrogen-bond donors (Lipinski definition) is 2. The number of benzene rings is 2. The number of methoxy groups -OCH3 is 2. The third kappa shape index (κ3) is 3.75. The number of fused-ring (bicyclic) bond motifs is 1. The number of carboxylic acids is 1. The van der Waals surface area contributed by atoms with Crippen LogP contribution in [0.4, 0.5) is 11.4 Å². The van der Waals surface area contributed by atoms with Gasteiger partial charge in [-0.25, -0.2) is 14.8 Å². The zero-order chi connectivity index (χ0) is 20.3. The van der Waals surface area contributed by atoms with Crippen molar-refractivity contribution in [2.45, 2.75) is 6.54 Å². The second kappa shape index (κ2) is 7.74. The molecule has 0 aliphatic rings. The van der Waals surface area contributed by atoms with Crippen molar-refractivity contribution in [1.82, 2.24) is 9.97 Å². The van der Waals surface area contributed by atoms with Crippen LogP contribution in [0.25, 0.3) is 11.0 Å². The summed E-state index contributed by atoms with van der Waals surface area (Å²) in [5, 5.41) is 23.4. The Morgan fingerprint density at radius 1 is 1.18 bits per heavy atom. The van der Waals surface area contributed by atoms with Crippen molar-refractivity contribution < 1.29 is 24.3 Å². The van der Waals surface area contributed by atoms with Crippen molar-refractivity contribution in [3.8, 4) is 11.8 Å². The molecule has 1 heterocycles. The van der Waals surface area contributed by atoms with Crippen LogP contribution in [0.2, 0.25) is 0 Å². The van der Waals surface area contributed by atoms with E-state index in [1.807, 2.05) is 0 Å². The van der Waals surface area contributed by atoms with Gasteiger partial charge in [0.2, 0.25) is 0 Å². The van der Waals surface area contributed by atoms with Crippen LogP contribution in [0.3, 0.4) is 0 Å². The third-order valence-corrected chi connectivity index (χ3v) is 3.96. The van der Waals surface area contributed by atoms with Crippen molar-refractivity contribution in [3.63, 3.8) is 0 Å². The standard InChI is InChI=1S/C18H16N4O6/c1-27-16-17(28-2)21-15-11(7-13(22(25)26)8-14(15)20-16)9-19-12-5-3-4-10(6-12)18(23)24/h3-8,19H,9H2,1-2H3,(H,23,24). The Kier molecular flexibility index (Phi) is 5.21. The molecule has 0 aliphatic heterocycles. The van der Waals surface area contributed by atoms with Gasteiger partial charge < -0.3 is 19.9 Å². The lowest BCUT2D eigenvalue weighted by atomic mass is 10.1. The number of nitrogens with one attached hydrogen (secondary N) is 1. The van der Waals surface area contributed by atoms with E-state index in [1.165, 1.54) is 38.5 Å². The van der Waals surface area contributed by atoms with Crippen molar-refractivity contribution in [1.29, 1.82) is 0 Å². The van der Waals surface area contributed by atoms with Crippen LogP contribution in [0.15, 0.2) is 36.4 Å². The van der Waals surface area contributed by atoms with Gasteiger partial charge in [-0.15, -0.1) is 0 Å². The molecule has 0 atom stereocenters. The first kappa shape index (κ1) is 18.8. The zero-order valence-electron chi connectivity index (χ0n) is 15.0. The molecule has 3 aromatic rings. The van der Waals surface area contributed by atoms with Gasteiger partial charge in [-0.05, 0) is 18.2 Å². The SMILES string of the molecule is COc1nc2cc([N+](=O)[O-])cc(CNc3cccc(C(=O)O)c3)c2nc1OC. The van der Waals surface area contributed by atoms with E-state index in [4.69, 9.17) is 14.6 Å². The van der Waals surface area contributed by atoms with E-state index in [9.17, 15) is 14.9 Å². The van der Waals surface area contributed by atoms with Crippen LogP contribution in [0.1, 0.15) is 15.9 Å². The fraction of sp³-hybridized carbons (Fsp3) is 0.167. The van der Waals surface area contributed by atoms with Gasteiger partial charge in [-0.3, -0.25) is 10.1 Å². The molecule has 0 radical (unpaired) electrons. The Morgan fingerprint density at radius 3 is 2.54 bits per heavy atom. The molecule has 28 heavy (non-hydrogen) atoms. The molecular formula is C18H16N4O6. The van der Waals surface area contributed by atoms with Crippen molar-refractivity contribution in [3.05, 3.63) is 57.6 Å². The monoisotopic (exact) mass is 384 g/mol. The molecule has 2 N–H and O–H groups in total. The molecule has 0 fully saturated rings. The summed E-state index contributed by atoms with van der Waals surface area (Å²) in [6, 6.07) is 8.93. The Morgan fingerprint density at radius 2 is 1.89 bits per heavy atom. The van der Waals surface area contributed by atoms with Gasteiger partial charge in [0.15, 0.2) is 0 Å². The average molecular weight is 384 g/mol. The Hall–Kier alpha value is -3.95. The molecule has 0 saturated heterocycles. The van der Waals surface area contributed by atoms with E-state index in [2.05, 4.69) is 15.3 Å². The number of hydrogen-bond acceptors (Lipinski definition) is 8. The maximum absolute atomic E-state index is 11.3. The number of aromatic carboxylic acids is 1. The number of nitrogens with zero attached hydrogens (tertiary/aromatic N) is 3. The second-order valence-corrected chi connectivity index (χ2v) is 5.71. The summed E-state index contributed by atoms with van der Waals surface area (Å²) in [5.74, 6) is -0.784. The summed E-state index contributed by atoms with van der Waals surface area (Å²) in [6.07, 6.45) is 0. The predicted octanol–water partition coefficient (Wildman–Crippen LogP) is 2.87. The first-order chi connectivity index (χ1) is 13.4. The number of ether oxygens (including phenoxy) is 2. The fourth-order valence-electron chi connectivity index (χ4n) is 2.65. The van der Waals surface area contributed by atoms with Crippen LogP contribution in [-0.4, -0.2) is 40.2 Å². The number of anilines is 1. The van der Waals surface area contributed by atoms with Crippen LogP contribution in [0.5, 0.6) is 11.8 Å². The Balaban J connectivity index is 2.04. The van der Waals surface area contributed by atoms with Crippen molar-refractivity contribution >= 4 is 28.4 Å². The van der Waals surface area contributed by atoms with Crippen molar-refractivity contribution in [2.75, 3.05) is 19.5 Å². The van der Waals surface area contributed by atoms with Gasteiger partial charge in [-0.2, -0.15) is 0 Å². The highest BCUT2D eigenvalue weighted by molar-refractivity contribution is 5.88. The van der Waals surface area contributed by atoms with Gasteiger partial charge in [0.25, 0.3) is 17.4 Å². The topological polar surface area (TPSA) is 137 Å². The normalized spacial score (nSPS) is 10.5. The molecule has 0 bridgehead atoms. The lowest BCUT2D eigenvalue weighted by molar-refractivity contribution is -0.384. The number of aromatic nitrogens is 2. The van der Waals surface area contributed by atoms with E-state index in [1.54, 1.807) is 12.1 Å². The fourth-order valence-corrected chi connectivity index (χ4v) is 2.65. The number of rotatable bonds is 7. The minimum Gasteiger partial charge on any atom is -0.478 e. The first-order valence-electron chi connectivity index (χ1n) is 8.07. The molecular weight excluding hydrogens is 368 g/mol. The molecule has 144 valence electrons. The number of non-ortho nitro benzene ring substituents is 1. The second-order valence-electron chi connectivity index (χ2n) is 5.71. The zero-order valence-corrected chi connectivity index (χ0v) is 15.0. The lowest BCUT2D eigenvalue weighted by Gasteiger charge is -2.12. The number of carboxylic acid groups (broad SMARTS) is 1. The van der Waals surface area contributed by atoms with Crippen LogP contribution in [-0.2, 0) is 6.54 Å². The summed E-state index contributed by atoms with van der Waals surface area (Å²) in [4.78, 5) is 30.5.